The van der Waals surface area contributed by atoms with Crippen molar-refractivity contribution in [3.8, 4) is 11.1 Å². The molecular weight excluding hydrogens is 247 g/mol. The van der Waals surface area contributed by atoms with Crippen molar-refractivity contribution in [1.29, 1.82) is 0 Å². The minimum atomic E-state index is -1.28. The highest BCUT2D eigenvalue weighted by molar-refractivity contribution is 5.89. The summed E-state index contributed by atoms with van der Waals surface area (Å²) >= 11 is 0. The van der Waals surface area contributed by atoms with Crippen molar-refractivity contribution in [2.75, 3.05) is 7.11 Å². The first-order chi connectivity index (χ1) is 9.15. The predicted octanol–water partition coefficient (Wildman–Crippen LogP) is 3.34. The summed E-state index contributed by atoms with van der Waals surface area (Å²) < 4.78 is 19.2. The van der Waals surface area contributed by atoms with Crippen LogP contribution in [-0.2, 0) is 11.3 Å². The van der Waals surface area contributed by atoms with E-state index in [0.29, 0.717) is 5.56 Å². The molecule has 0 bridgehead atoms. The molecule has 0 unspecified atom stereocenters. The van der Waals surface area contributed by atoms with Crippen LogP contribution in [0.15, 0.2) is 42.5 Å². The van der Waals surface area contributed by atoms with Gasteiger partial charge in [-0.05, 0) is 17.2 Å². The molecule has 2 aromatic rings. The van der Waals surface area contributed by atoms with Gasteiger partial charge < -0.3 is 9.84 Å². The third-order valence-electron chi connectivity index (χ3n) is 2.85. The van der Waals surface area contributed by atoms with Crippen molar-refractivity contribution in [3.05, 3.63) is 59.4 Å². The molecule has 0 aliphatic carbocycles. The largest absolute Gasteiger partial charge is 0.478 e. The Hall–Kier alpha value is -2.20. The minimum absolute atomic E-state index is 0.0250. The number of hydrogen-bond acceptors (Lipinski definition) is 2. The Labute approximate surface area is 110 Å². The second kappa shape index (κ2) is 5.63. The fraction of sp³-hybridized carbons (Fsp3) is 0.133. The first kappa shape index (κ1) is 13.2. The lowest BCUT2D eigenvalue weighted by molar-refractivity contribution is 0.0691. The molecule has 4 heteroatoms. The van der Waals surface area contributed by atoms with Crippen LogP contribution in [0.2, 0.25) is 0 Å². The highest BCUT2D eigenvalue weighted by Gasteiger charge is 2.18. The molecule has 98 valence electrons. The monoisotopic (exact) mass is 260 g/mol. The summed E-state index contributed by atoms with van der Waals surface area (Å²) in [6, 6.07) is 12.1. The SMILES string of the molecule is COCc1c(-c2ccccc2)ccc(C(=O)O)c1F. The Morgan fingerprint density at radius 2 is 1.89 bits per heavy atom. The van der Waals surface area contributed by atoms with Gasteiger partial charge in [-0.25, -0.2) is 9.18 Å². The molecule has 0 aliphatic rings. The Morgan fingerprint density at radius 3 is 2.47 bits per heavy atom. The molecule has 0 atom stereocenters. The van der Waals surface area contributed by atoms with E-state index in [1.165, 1.54) is 13.2 Å². The van der Waals surface area contributed by atoms with E-state index in [-0.39, 0.29) is 17.7 Å². The van der Waals surface area contributed by atoms with E-state index in [1.54, 1.807) is 6.07 Å². The maximum atomic E-state index is 14.2. The van der Waals surface area contributed by atoms with E-state index < -0.39 is 11.8 Å². The first-order valence-corrected chi connectivity index (χ1v) is 5.74. The summed E-state index contributed by atoms with van der Waals surface area (Å²) in [7, 11) is 1.45. The molecule has 0 fully saturated rings. The Bertz CT molecular complexity index is 594. The molecule has 2 aromatic carbocycles. The lowest BCUT2D eigenvalue weighted by Crippen LogP contribution is -2.06. The standard InChI is InChI=1S/C15H13FO3/c1-19-9-13-11(10-5-3-2-4-6-10)7-8-12(14(13)16)15(17)18/h2-8H,9H2,1H3,(H,17,18). The van der Waals surface area contributed by atoms with E-state index in [9.17, 15) is 9.18 Å². The molecule has 0 saturated carbocycles. The lowest BCUT2D eigenvalue weighted by atomic mass is 9.97. The molecule has 3 nitrogen and oxygen atoms in total. The molecule has 1 N–H and O–H groups in total. The van der Waals surface area contributed by atoms with Crippen molar-refractivity contribution in [3.63, 3.8) is 0 Å². The average molecular weight is 260 g/mol. The molecule has 0 aliphatic heterocycles. The van der Waals surface area contributed by atoms with Crippen LogP contribution in [0.25, 0.3) is 11.1 Å². The molecule has 0 saturated heterocycles. The third kappa shape index (κ3) is 2.63. The number of carbonyl (C=O) groups is 1. The zero-order valence-corrected chi connectivity index (χ0v) is 10.4. The minimum Gasteiger partial charge on any atom is -0.478 e. The van der Waals surface area contributed by atoms with Crippen LogP contribution < -0.4 is 0 Å². The number of methoxy groups -OCH3 is 1. The molecule has 0 aromatic heterocycles. The van der Waals surface area contributed by atoms with Gasteiger partial charge in [-0.1, -0.05) is 36.4 Å². The van der Waals surface area contributed by atoms with E-state index in [2.05, 4.69) is 0 Å². The van der Waals surface area contributed by atoms with E-state index in [0.717, 1.165) is 5.56 Å². The van der Waals surface area contributed by atoms with Crippen molar-refractivity contribution >= 4 is 5.97 Å². The number of rotatable bonds is 4. The Kier molecular flexibility index (Phi) is 3.92. The van der Waals surface area contributed by atoms with Crippen LogP contribution in [0.5, 0.6) is 0 Å². The summed E-state index contributed by atoms with van der Waals surface area (Å²) in [5.41, 5.74) is 1.38. The summed E-state index contributed by atoms with van der Waals surface area (Å²) in [5, 5.41) is 8.94. The number of aromatic carboxylic acids is 1. The highest BCUT2D eigenvalue weighted by Crippen LogP contribution is 2.28. The maximum Gasteiger partial charge on any atom is 0.338 e. The van der Waals surface area contributed by atoms with E-state index in [4.69, 9.17) is 9.84 Å². The summed E-state index contributed by atoms with van der Waals surface area (Å²) in [6.45, 7) is 0.0250. The third-order valence-corrected chi connectivity index (χ3v) is 2.85. The second-order valence-corrected chi connectivity index (χ2v) is 4.06. The van der Waals surface area contributed by atoms with Gasteiger partial charge in [0, 0.05) is 12.7 Å². The fourth-order valence-electron chi connectivity index (χ4n) is 1.96. The molecular formula is C15H13FO3. The van der Waals surface area contributed by atoms with Crippen LogP contribution in [0.4, 0.5) is 4.39 Å². The van der Waals surface area contributed by atoms with Crippen LogP contribution in [0.3, 0.4) is 0 Å². The van der Waals surface area contributed by atoms with Gasteiger partial charge in [-0.2, -0.15) is 0 Å². The predicted molar refractivity (Wildman–Crippen MR) is 69.5 cm³/mol. The van der Waals surface area contributed by atoms with E-state index >= 15 is 0 Å². The van der Waals surface area contributed by atoms with Crippen molar-refractivity contribution < 1.29 is 19.0 Å². The summed E-state index contributed by atoms with van der Waals surface area (Å²) in [6.07, 6.45) is 0. The first-order valence-electron chi connectivity index (χ1n) is 5.74. The number of halogens is 1. The number of carboxylic acids is 1. The van der Waals surface area contributed by atoms with Gasteiger partial charge in [0.1, 0.15) is 5.82 Å². The van der Waals surface area contributed by atoms with Crippen molar-refractivity contribution in [2.45, 2.75) is 6.61 Å². The molecule has 0 heterocycles. The zero-order valence-electron chi connectivity index (χ0n) is 10.4. The van der Waals surface area contributed by atoms with Gasteiger partial charge >= 0.3 is 5.97 Å². The van der Waals surface area contributed by atoms with Gasteiger partial charge in [0.05, 0.1) is 12.2 Å². The van der Waals surface area contributed by atoms with Gasteiger partial charge in [-0.3, -0.25) is 0 Å². The number of carboxylic acid groups (broad SMARTS) is 1. The number of hydrogen-bond donors (Lipinski definition) is 1. The quantitative estimate of drug-likeness (QED) is 0.917. The van der Waals surface area contributed by atoms with Crippen molar-refractivity contribution in [1.82, 2.24) is 0 Å². The topological polar surface area (TPSA) is 46.5 Å². The number of benzene rings is 2. The molecule has 19 heavy (non-hydrogen) atoms. The maximum absolute atomic E-state index is 14.2. The number of ether oxygens (including phenoxy) is 1. The van der Waals surface area contributed by atoms with Crippen LogP contribution >= 0.6 is 0 Å². The van der Waals surface area contributed by atoms with Gasteiger partial charge in [0.15, 0.2) is 0 Å². The van der Waals surface area contributed by atoms with Gasteiger partial charge in [-0.15, -0.1) is 0 Å². The lowest BCUT2D eigenvalue weighted by Gasteiger charge is -2.12. The normalized spacial score (nSPS) is 10.4. The summed E-state index contributed by atoms with van der Waals surface area (Å²) in [5.74, 6) is -2.02. The van der Waals surface area contributed by atoms with Gasteiger partial charge in [0.25, 0.3) is 0 Å². The highest BCUT2D eigenvalue weighted by atomic mass is 19.1. The van der Waals surface area contributed by atoms with Gasteiger partial charge in [0.2, 0.25) is 0 Å². The second-order valence-electron chi connectivity index (χ2n) is 4.06. The molecule has 0 amide bonds. The molecule has 0 spiro atoms. The molecule has 2 rings (SSSR count). The van der Waals surface area contributed by atoms with E-state index in [1.807, 2.05) is 30.3 Å². The van der Waals surface area contributed by atoms with Crippen LogP contribution in [-0.4, -0.2) is 18.2 Å². The Balaban J connectivity index is 2.62. The molecule has 0 radical (unpaired) electrons. The van der Waals surface area contributed by atoms with Crippen molar-refractivity contribution in [2.24, 2.45) is 0 Å². The average Bonchev–Trinajstić information content (AvgIpc) is 2.41. The fourth-order valence-corrected chi connectivity index (χ4v) is 1.96. The smallest absolute Gasteiger partial charge is 0.338 e. The zero-order chi connectivity index (χ0) is 13.8. The Morgan fingerprint density at radius 1 is 1.21 bits per heavy atom. The van der Waals surface area contributed by atoms with Crippen LogP contribution in [0.1, 0.15) is 15.9 Å². The summed E-state index contributed by atoms with van der Waals surface area (Å²) in [4.78, 5) is 10.9. The van der Waals surface area contributed by atoms with Crippen LogP contribution in [0, 0.1) is 5.82 Å².